The van der Waals surface area contributed by atoms with E-state index in [0.717, 1.165) is 18.5 Å². The summed E-state index contributed by atoms with van der Waals surface area (Å²) in [5.74, 6) is 0.320. The third-order valence-electron chi connectivity index (χ3n) is 3.42. The molecule has 0 saturated carbocycles. The first-order valence-electron chi connectivity index (χ1n) is 8.09. The molecule has 0 bridgehead atoms. The first-order valence-corrected chi connectivity index (χ1v) is 8.09. The monoisotopic (exact) mass is 375 g/mol. The van der Waals surface area contributed by atoms with Crippen molar-refractivity contribution in [1.82, 2.24) is 16.0 Å². The molecule has 5 nitrogen and oxygen atoms in total. The molecule has 24 heavy (non-hydrogen) atoms. The highest BCUT2D eigenvalue weighted by Crippen LogP contribution is 2.02. The lowest BCUT2D eigenvalue weighted by Gasteiger charge is -2.12. The van der Waals surface area contributed by atoms with E-state index >= 15 is 0 Å². The van der Waals surface area contributed by atoms with Gasteiger partial charge in [-0.3, -0.25) is 16.1 Å². The molecule has 0 aliphatic rings. The smallest absolute Gasteiger partial charge is 0.195 e. The number of guanidine groups is 2. The SMILES string of the molecule is CCCCCCCNC(=N)NC(=N)NCc1ccc(C)cc1.Cl.Cl. The molecule has 0 unspecified atom stereocenters. The average Bonchev–Trinajstić information content (AvgIpc) is 2.50. The van der Waals surface area contributed by atoms with Crippen LogP contribution in [0.4, 0.5) is 0 Å². The van der Waals surface area contributed by atoms with E-state index in [2.05, 4.69) is 41.9 Å². The second-order valence-electron chi connectivity index (χ2n) is 5.56. The molecule has 0 aromatic heterocycles. The van der Waals surface area contributed by atoms with Crippen LogP contribution in [-0.4, -0.2) is 18.5 Å². The zero-order valence-electron chi connectivity index (χ0n) is 14.6. The van der Waals surface area contributed by atoms with Gasteiger partial charge in [-0.25, -0.2) is 0 Å². The molecule has 0 saturated heterocycles. The third kappa shape index (κ3) is 12.0. The normalized spacial score (nSPS) is 9.25. The zero-order chi connectivity index (χ0) is 16.2. The van der Waals surface area contributed by atoms with Gasteiger partial charge >= 0.3 is 0 Å². The van der Waals surface area contributed by atoms with Crippen molar-refractivity contribution in [2.75, 3.05) is 6.54 Å². The summed E-state index contributed by atoms with van der Waals surface area (Å²) in [6, 6.07) is 8.18. The van der Waals surface area contributed by atoms with Crippen molar-refractivity contribution in [3.63, 3.8) is 0 Å². The van der Waals surface area contributed by atoms with Gasteiger partial charge in [-0.1, -0.05) is 62.4 Å². The standard InChI is InChI=1S/C17H29N5.2ClH/c1-3-4-5-6-7-12-20-16(18)22-17(19)21-13-15-10-8-14(2)9-11-15;;/h8-11H,3-7,12-13H2,1-2H3,(H5,18,19,20,21,22);2*1H. The molecule has 138 valence electrons. The van der Waals surface area contributed by atoms with Crippen LogP contribution in [0.25, 0.3) is 0 Å². The van der Waals surface area contributed by atoms with Gasteiger partial charge in [0, 0.05) is 13.1 Å². The summed E-state index contributed by atoms with van der Waals surface area (Å²) in [5.41, 5.74) is 2.34. The summed E-state index contributed by atoms with van der Waals surface area (Å²) < 4.78 is 0. The molecule has 7 heteroatoms. The summed E-state index contributed by atoms with van der Waals surface area (Å²) in [6.45, 7) is 5.61. The van der Waals surface area contributed by atoms with Crippen LogP contribution < -0.4 is 16.0 Å². The maximum atomic E-state index is 7.78. The second-order valence-corrected chi connectivity index (χ2v) is 5.56. The van der Waals surface area contributed by atoms with Gasteiger partial charge in [0.25, 0.3) is 0 Å². The van der Waals surface area contributed by atoms with E-state index in [1.54, 1.807) is 0 Å². The minimum Gasteiger partial charge on any atom is -0.356 e. The summed E-state index contributed by atoms with van der Waals surface area (Å²) in [7, 11) is 0. The number of benzene rings is 1. The fourth-order valence-corrected chi connectivity index (χ4v) is 2.05. The lowest BCUT2D eigenvalue weighted by atomic mass is 10.1. The van der Waals surface area contributed by atoms with Crippen LogP contribution in [0.5, 0.6) is 0 Å². The lowest BCUT2D eigenvalue weighted by Crippen LogP contribution is -2.45. The molecule has 1 aromatic rings. The number of rotatable bonds is 8. The van der Waals surface area contributed by atoms with Crippen LogP contribution in [-0.2, 0) is 6.54 Å². The topological polar surface area (TPSA) is 83.8 Å². The Morgan fingerprint density at radius 3 is 2.08 bits per heavy atom. The number of halogens is 2. The summed E-state index contributed by atoms with van der Waals surface area (Å²) in [5, 5.41) is 24.2. The van der Waals surface area contributed by atoms with E-state index < -0.39 is 0 Å². The molecule has 1 rings (SSSR count). The largest absolute Gasteiger partial charge is 0.356 e. The van der Waals surface area contributed by atoms with Crippen LogP contribution in [0.15, 0.2) is 24.3 Å². The fourth-order valence-electron chi connectivity index (χ4n) is 2.05. The number of unbranched alkanes of at least 4 members (excludes halogenated alkanes) is 4. The predicted molar refractivity (Wildman–Crippen MR) is 108 cm³/mol. The van der Waals surface area contributed by atoms with E-state index in [9.17, 15) is 0 Å². The van der Waals surface area contributed by atoms with Gasteiger partial charge in [0.05, 0.1) is 0 Å². The minimum absolute atomic E-state index is 0. The van der Waals surface area contributed by atoms with Crippen molar-refractivity contribution in [2.24, 2.45) is 0 Å². The molecule has 1 aromatic carbocycles. The fraction of sp³-hybridized carbons (Fsp3) is 0.529. The molecule has 0 radical (unpaired) electrons. The lowest BCUT2D eigenvalue weighted by molar-refractivity contribution is 0.622. The van der Waals surface area contributed by atoms with Gasteiger partial charge in [0.15, 0.2) is 11.9 Å². The Bertz CT molecular complexity index is 463. The first-order chi connectivity index (χ1) is 10.6. The predicted octanol–water partition coefficient (Wildman–Crippen LogP) is 3.95. The van der Waals surface area contributed by atoms with Crippen molar-refractivity contribution in [1.29, 1.82) is 10.8 Å². The Hall–Kier alpha value is -1.46. The summed E-state index contributed by atoms with van der Waals surface area (Å²) >= 11 is 0. The molecule has 0 spiro atoms. The van der Waals surface area contributed by atoms with E-state index in [0.29, 0.717) is 6.54 Å². The molecule has 0 aliphatic carbocycles. The van der Waals surface area contributed by atoms with Crippen molar-refractivity contribution in [3.05, 3.63) is 35.4 Å². The van der Waals surface area contributed by atoms with Crippen LogP contribution >= 0.6 is 24.8 Å². The molecule has 0 heterocycles. The maximum Gasteiger partial charge on any atom is 0.195 e. The molecule has 5 N–H and O–H groups in total. The Morgan fingerprint density at radius 2 is 1.46 bits per heavy atom. The Labute approximate surface area is 158 Å². The Kier molecular flexibility index (Phi) is 15.6. The van der Waals surface area contributed by atoms with Gasteiger partial charge in [-0.15, -0.1) is 24.8 Å². The van der Waals surface area contributed by atoms with Crippen molar-refractivity contribution in [3.8, 4) is 0 Å². The first kappa shape index (κ1) is 24.8. The summed E-state index contributed by atoms with van der Waals surface area (Å²) in [4.78, 5) is 0. The third-order valence-corrected chi connectivity index (χ3v) is 3.42. The van der Waals surface area contributed by atoms with Gasteiger partial charge in [0.1, 0.15) is 0 Å². The molecule has 0 aliphatic heterocycles. The number of hydrogen-bond donors (Lipinski definition) is 5. The molecule has 0 atom stereocenters. The van der Waals surface area contributed by atoms with E-state index in [1.165, 1.54) is 31.2 Å². The highest BCUT2D eigenvalue weighted by molar-refractivity contribution is 5.95. The summed E-state index contributed by atoms with van der Waals surface area (Å²) in [6.07, 6.45) is 6.04. The zero-order valence-corrected chi connectivity index (χ0v) is 16.2. The molecular formula is C17H31Cl2N5. The molecular weight excluding hydrogens is 345 g/mol. The average molecular weight is 376 g/mol. The van der Waals surface area contributed by atoms with Crippen molar-refractivity contribution < 1.29 is 0 Å². The Morgan fingerprint density at radius 1 is 0.875 bits per heavy atom. The quantitative estimate of drug-likeness (QED) is 0.271. The van der Waals surface area contributed by atoms with Gasteiger partial charge < -0.3 is 10.6 Å². The number of aryl methyl sites for hydroxylation is 1. The molecule has 0 fully saturated rings. The maximum absolute atomic E-state index is 7.78. The number of hydrogen-bond acceptors (Lipinski definition) is 2. The van der Waals surface area contributed by atoms with E-state index in [1.807, 2.05) is 12.1 Å². The van der Waals surface area contributed by atoms with Crippen molar-refractivity contribution in [2.45, 2.75) is 52.5 Å². The highest BCUT2D eigenvalue weighted by Gasteiger charge is 2.00. The highest BCUT2D eigenvalue weighted by atomic mass is 35.5. The van der Waals surface area contributed by atoms with Gasteiger partial charge in [-0.05, 0) is 18.9 Å². The van der Waals surface area contributed by atoms with Crippen LogP contribution in [0, 0.1) is 17.7 Å². The minimum atomic E-state index is 0. The van der Waals surface area contributed by atoms with Crippen LogP contribution in [0.3, 0.4) is 0 Å². The number of nitrogens with one attached hydrogen (secondary N) is 5. The Balaban J connectivity index is 0. The van der Waals surface area contributed by atoms with Crippen molar-refractivity contribution >= 4 is 36.7 Å². The molecule has 0 amide bonds. The van der Waals surface area contributed by atoms with E-state index in [-0.39, 0.29) is 36.7 Å². The van der Waals surface area contributed by atoms with E-state index in [4.69, 9.17) is 10.8 Å². The second kappa shape index (κ2) is 15.1. The van der Waals surface area contributed by atoms with Gasteiger partial charge in [-0.2, -0.15) is 0 Å². The van der Waals surface area contributed by atoms with Crippen LogP contribution in [0.2, 0.25) is 0 Å². The van der Waals surface area contributed by atoms with Gasteiger partial charge in [0.2, 0.25) is 0 Å². The van der Waals surface area contributed by atoms with Crippen LogP contribution in [0.1, 0.15) is 50.2 Å².